The molecule has 1 aliphatic rings. The molecule has 0 spiro atoms. The SMILES string of the molecule is CC(C(C)C1(C)CC1)C(C)(C)C. The quantitative estimate of drug-likeness (QED) is 0.582. The average Bonchev–Trinajstić information content (AvgIpc) is 2.64. The van der Waals surface area contributed by atoms with E-state index in [2.05, 4.69) is 41.5 Å². The van der Waals surface area contributed by atoms with Crippen LogP contribution in [0.15, 0.2) is 0 Å². The van der Waals surface area contributed by atoms with Crippen molar-refractivity contribution in [1.29, 1.82) is 0 Å². The molecule has 0 amide bonds. The molecule has 1 aliphatic carbocycles. The van der Waals surface area contributed by atoms with E-state index in [0.29, 0.717) is 10.8 Å². The first kappa shape index (κ1) is 10.1. The third kappa shape index (κ3) is 1.84. The summed E-state index contributed by atoms with van der Waals surface area (Å²) in [6, 6.07) is 0. The van der Waals surface area contributed by atoms with Gasteiger partial charge in [0.25, 0.3) is 0 Å². The van der Waals surface area contributed by atoms with Crippen LogP contribution in [-0.2, 0) is 0 Å². The van der Waals surface area contributed by atoms with Gasteiger partial charge in [0.15, 0.2) is 0 Å². The fourth-order valence-electron chi connectivity index (χ4n) is 2.01. The fourth-order valence-corrected chi connectivity index (χ4v) is 2.01. The maximum atomic E-state index is 2.44. The Morgan fingerprint density at radius 2 is 1.50 bits per heavy atom. The van der Waals surface area contributed by atoms with Gasteiger partial charge in [-0.1, -0.05) is 41.5 Å². The topological polar surface area (TPSA) is 0 Å². The number of hydrogen-bond acceptors (Lipinski definition) is 0. The molecule has 0 bridgehead atoms. The van der Waals surface area contributed by atoms with Gasteiger partial charge in [0.2, 0.25) is 0 Å². The van der Waals surface area contributed by atoms with E-state index in [4.69, 9.17) is 0 Å². The van der Waals surface area contributed by atoms with Crippen LogP contribution >= 0.6 is 0 Å². The number of hydrogen-bond donors (Lipinski definition) is 0. The van der Waals surface area contributed by atoms with Crippen molar-refractivity contribution in [1.82, 2.24) is 0 Å². The molecule has 0 heterocycles. The van der Waals surface area contributed by atoms with Gasteiger partial charge in [-0.05, 0) is 35.5 Å². The lowest BCUT2D eigenvalue weighted by Crippen LogP contribution is -2.28. The largest absolute Gasteiger partial charge is 0.0617 e. The highest BCUT2D eigenvalue weighted by atomic mass is 14.5. The van der Waals surface area contributed by atoms with E-state index in [1.54, 1.807) is 0 Å². The van der Waals surface area contributed by atoms with Crippen molar-refractivity contribution in [2.24, 2.45) is 22.7 Å². The van der Waals surface area contributed by atoms with Crippen molar-refractivity contribution >= 4 is 0 Å². The Kier molecular flexibility index (Phi) is 2.31. The van der Waals surface area contributed by atoms with Crippen molar-refractivity contribution in [3.05, 3.63) is 0 Å². The van der Waals surface area contributed by atoms with Crippen LogP contribution in [0.1, 0.15) is 54.4 Å². The Morgan fingerprint density at radius 1 is 1.08 bits per heavy atom. The predicted molar refractivity (Wildman–Crippen MR) is 55.1 cm³/mol. The maximum Gasteiger partial charge on any atom is -0.0297 e. The summed E-state index contributed by atoms with van der Waals surface area (Å²) in [6.45, 7) is 14.4. The smallest absolute Gasteiger partial charge is 0.0297 e. The third-order valence-corrected chi connectivity index (χ3v) is 4.25. The van der Waals surface area contributed by atoms with Crippen molar-refractivity contribution in [3.63, 3.8) is 0 Å². The minimum absolute atomic E-state index is 0.477. The van der Waals surface area contributed by atoms with E-state index in [1.165, 1.54) is 12.8 Å². The highest BCUT2D eigenvalue weighted by Crippen LogP contribution is 2.56. The summed E-state index contributed by atoms with van der Waals surface area (Å²) in [4.78, 5) is 0. The van der Waals surface area contributed by atoms with E-state index >= 15 is 0 Å². The molecule has 72 valence electrons. The first-order chi connectivity index (χ1) is 5.27. The maximum absolute atomic E-state index is 2.44. The molecule has 0 aromatic carbocycles. The summed E-state index contributed by atoms with van der Waals surface area (Å²) in [7, 11) is 0. The second-order valence-electron chi connectivity index (χ2n) is 6.10. The third-order valence-electron chi connectivity index (χ3n) is 4.25. The minimum Gasteiger partial charge on any atom is -0.0617 e. The van der Waals surface area contributed by atoms with E-state index in [1.807, 2.05) is 0 Å². The summed E-state index contributed by atoms with van der Waals surface area (Å²) in [6.07, 6.45) is 2.91. The predicted octanol–water partition coefficient (Wildman–Crippen LogP) is 4.10. The molecule has 0 N–H and O–H groups in total. The standard InChI is InChI=1S/C12H24/c1-9(11(3,4)5)10(2)12(6)7-8-12/h9-10H,7-8H2,1-6H3. The summed E-state index contributed by atoms with van der Waals surface area (Å²) >= 11 is 0. The van der Waals surface area contributed by atoms with Crippen LogP contribution in [0.25, 0.3) is 0 Å². The van der Waals surface area contributed by atoms with Gasteiger partial charge in [-0.25, -0.2) is 0 Å². The minimum atomic E-state index is 0.477. The van der Waals surface area contributed by atoms with Gasteiger partial charge >= 0.3 is 0 Å². The number of rotatable bonds is 2. The van der Waals surface area contributed by atoms with Crippen molar-refractivity contribution < 1.29 is 0 Å². The molecular formula is C12H24. The second kappa shape index (κ2) is 2.75. The van der Waals surface area contributed by atoms with Gasteiger partial charge in [-0.3, -0.25) is 0 Å². The van der Waals surface area contributed by atoms with E-state index in [0.717, 1.165) is 11.8 Å². The summed E-state index contributed by atoms with van der Waals surface area (Å²) in [5, 5.41) is 0. The average molecular weight is 168 g/mol. The van der Waals surface area contributed by atoms with Gasteiger partial charge < -0.3 is 0 Å². The lowest BCUT2D eigenvalue weighted by Gasteiger charge is -2.36. The molecule has 1 saturated carbocycles. The van der Waals surface area contributed by atoms with Crippen LogP contribution in [0.4, 0.5) is 0 Å². The van der Waals surface area contributed by atoms with Crippen molar-refractivity contribution in [2.75, 3.05) is 0 Å². The molecule has 12 heavy (non-hydrogen) atoms. The first-order valence-electron chi connectivity index (χ1n) is 5.27. The van der Waals surface area contributed by atoms with Crippen LogP contribution in [0, 0.1) is 22.7 Å². The summed E-state index contributed by atoms with van der Waals surface area (Å²) in [5.74, 6) is 1.72. The van der Waals surface area contributed by atoms with Gasteiger partial charge in [0.1, 0.15) is 0 Å². The van der Waals surface area contributed by atoms with Crippen molar-refractivity contribution in [2.45, 2.75) is 54.4 Å². The molecule has 2 unspecified atom stereocenters. The van der Waals surface area contributed by atoms with Gasteiger partial charge in [-0.15, -0.1) is 0 Å². The molecular weight excluding hydrogens is 144 g/mol. The highest BCUT2D eigenvalue weighted by molar-refractivity contribution is 4.96. The molecule has 0 heteroatoms. The zero-order chi connectivity index (χ0) is 9.57. The Hall–Kier alpha value is 0. The van der Waals surface area contributed by atoms with Gasteiger partial charge in [0.05, 0.1) is 0 Å². The molecule has 1 rings (SSSR count). The fraction of sp³-hybridized carbons (Fsp3) is 1.00. The first-order valence-corrected chi connectivity index (χ1v) is 5.27. The van der Waals surface area contributed by atoms with Crippen LogP contribution < -0.4 is 0 Å². The van der Waals surface area contributed by atoms with E-state index < -0.39 is 0 Å². The summed E-state index contributed by atoms with van der Waals surface area (Å²) in [5.41, 5.74) is 1.16. The monoisotopic (exact) mass is 168 g/mol. The van der Waals surface area contributed by atoms with Gasteiger partial charge in [-0.2, -0.15) is 0 Å². The molecule has 0 aromatic heterocycles. The molecule has 0 aliphatic heterocycles. The lowest BCUT2D eigenvalue weighted by molar-refractivity contribution is 0.135. The van der Waals surface area contributed by atoms with Crippen LogP contribution in [0.3, 0.4) is 0 Å². The van der Waals surface area contributed by atoms with Crippen LogP contribution in [0.5, 0.6) is 0 Å². The van der Waals surface area contributed by atoms with E-state index in [-0.39, 0.29) is 0 Å². The zero-order valence-corrected chi connectivity index (χ0v) is 9.57. The Morgan fingerprint density at radius 3 is 1.75 bits per heavy atom. The van der Waals surface area contributed by atoms with Crippen molar-refractivity contribution in [3.8, 4) is 0 Å². The van der Waals surface area contributed by atoms with Crippen LogP contribution in [-0.4, -0.2) is 0 Å². The molecule has 0 saturated heterocycles. The van der Waals surface area contributed by atoms with Crippen LogP contribution in [0.2, 0.25) is 0 Å². The lowest BCUT2D eigenvalue weighted by atomic mass is 9.70. The summed E-state index contributed by atoms with van der Waals surface area (Å²) < 4.78 is 0. The molecule has 0 nitrogen and oxygen atoms in total. The van der Waals surface area contributed by atoms with E-state index in [9.17, 15) is 0 Å². The second-order valence-corrected chi connectivity index (χ2v) is 6.10. The Balaban J connectivity index is 2.58. The molecule has 2 atom stereocenters. The molecule has 0 radical (unpaired) electrons. The zero-order valence-electron chi connectivity index (χ0n) is 9.57. The highest BCUT2D eigenvalue weighted by Gasteiger charge is 2.46. The van der Waals surface area contributed by atoms with Gasteiger partial charge in [0, 0.05) is 0 Å². The Bertz CT molecular complexity index is 148. The normalized spacial score (nSPS) is 26.5. The Labute approximate surface area is 77.7 Å². The molecule has 0 aromatic rings. The molecule has 1 fully saturated rings.